The summed E-state index contributed by atoms with van der Waals surface area (Å²) in [6, 6.07) is 15.4. The lowest BCUT2D eigenvalue weighted by molar-refractivity contribution is 0.303. The van der Waals surface area contributed by atoms with Crippen LogP contribution >= 0.6 is 12.6 Å². The summed E-state index contributed by atoms with van der Waals surface area (Å²) in [4.78, 5) is 17.4. The SMILES string of the molecule is CC1(C)N=C(c2cc3ccc(=O)oc3cc2S)c2ccccc2C1(C)C. The maximum Gasteiger partial charge on any atom is 0.336 e. The van der Waals surface area contributed by atoms with E-state index < -0.39 is 0 Å². The summed E-state index contributed by atoms with van der Waals surface area (Å²) in [7, 11) is 0. The normalized spacial score (nSPS) is 17.7. The predicted molar refractivity (Wildman–Crippen MR) is 109 cm³/mol. The van der Waals surface area contributed by atoms with Crippen molar-refractivity contribution >= 4 is 29.3 Å². The molecule has 1 aromatic heterocycles. The van der Waals surface area contributed by atoms with Crippen molar-refractivity contribution in [1.82, 2.24) is 0 Å². The standard InChI is InChI=1S/C22H21NO2S/c1-21(2)16-8-6-5-7-14(16)20(23-22(21,3)4)15-11-13-9-10-19(24)25-17(13)12-18(15)26/h5-12,26H,1-4H3. The third-order valence-corrected chi connectivity index (χ3v) is 6.14. The zero-order valence-electron chi connectivity index (χ0n) is 15.3. The monoisotopic (exact) mass is 363 g/mol. The average molecular weight is 363 g/mol. The molecule has 132 valence electrons. The van der Waals surface area contributed by atoms with E-state index in [0.29, 0.717) is 5.58 Å². The Labute approximate surface area is 158 Å². The van der Waals surface area contributed by atoms with Crippen molar-refractivity contribution < 1.29 is 4.42 Å². The Hall–Kier alpha value is -2.33. The fourth-order valence-electron chi connectivity index (χ4n) is 3.54. The minimum atomic E-state index is -0.360. The van der Waals surface area contributed by atoms with Gasteiger partial charge in [0.15, 0.2) is 0 Å². The first-order valence-corrected chi connectivity index (χ1v) is 9.12. The van der Waals surface area contributed by atoms with Crippen molar-refractivity contribution in [2.45, 2.75) is 43.5 Å². The first-order chi connectivity index (χ1) is 12.2. The lowest BCUT2D eigenvalue weighted by Crippen LogP contribution is -2.46. The minimum absolute atomic E-state index is 0.0898. The Bertz CT molecular complexity index is 1120. The Morgan fingerprint density at radius 2 is 1.69 bits per heavy atom. The maximum absolute atomic E-state index is 11.5. The summed E-state index contributed by atoms with van der Waals surface area (Å²) < 4.78 is 5.28. The Balaban J connectivity index is 2.02. The van der Waals surface area contributed by atoms with Crippen LogP contribution in [0.15, 0.2) is 67.6 Å². The second-order valence-electron chi connectivity index (χ2n) is 7.85. The average Bonchev–Trinajstić information content (AvgIpc) is 2.58. The Morgan fingerprint density at radius 1 is 0.962 bits per heavy atom. The first kappa shape index (κ1) is 17.1. The van der Waals surface area contributed by atoms with Gasteiger partial charge in [-0.05, 0) is 37.6 Å². The summed E-state index contributed by atoms with van der Waals surface area (Å²) in [5.74, 6) is 0. The van der Waals surface area contributed by atoms with Crippen molar-refractivity contribution in [2.24, 2.45) is 4.99 Å². The smallest absolute Gasteiger partial charge is 0.336 e. The van der Waals surface area contributed by atoms with E-state index in [1.807, 2.05) is 12.1 Å². The molecule has 0 fully saturated rings. The fraction of sp³-hybridized carbons (Fsp3) is 0.273. The summed E-state index contributed by atoms with van der Waals surface area (Å²) in [5, 5.41) is 0.861. The summed E-state index contributed by atoms with van der Waals surface area (Å²) in [6.45, 7) is 8.81. The van der Waals surface area contributed by atoms with Gasteiger partial charge in [0.25, 0.3) is 0 Å². The zero-order valence-corrected chi connectivity index (χ0v) is 16.2. The van der Waals surface area contributed by atoms with Crippen LogP contribution in [0.3, 0.4) is 0 Å². The fourth-order valence-corrected chi connectivity index (χ4v) is 3.83. The predicted octanol–water partition coefficient (Wildman–Crippen LogP) is 4.99. The van der Waals surface area contributed by atoms with Gasteiger partial charge in [-0.25, -0.2) is 4.79 Å². The lowest BCUT2D eigenvalue weighted by atomic mass is 9.66. The second-order valence-corrected chi connectivity index (χ2v) is 8.33. The van der Waals surface area contributed by atoms with Crippen molar-refractivity contribution in [3.05, 3.63) is 75.6 Å². The van der Waals surface area contributed by atoms with Crippen LogP contribution in [0, 0.1) is 0 Å². The van der Waals surface area contributed by atoms with Crippen LogP contribution in [0.5, 0.6) is 0 Å². The Kier molecular flexibility index (Phi) is 3.67. The molecule has 0 atom stereocenters. The minimum Gasteiger partial charge on any atom is -0.423 e. The molecule has 4 heteroatoms. The number of aliphatic imine (C=N–C) groups is 1. The topological polar surface area (TPSA) is 42.6 Å². The highest BCUT2D eigenvalue weighted by Gasteiger charge is 2.43. The molecule has 1 aliphatic rings. The number of thiol groups is 1. The van der Waals surface area contributed by atoms with Gasteiger partial charge >= 0.3 is 5.63 Å². The summed E-state index contributed by atoms with van der Waals surface area (Å²) in [6.07, 6.45) is 0. The third kappa shape index (κ3) is 2.43. The van der Waals surface area contributed by atoms with E-state index >= 15 is 0 Å². The van der Waals surface area contributed by atoms with Gasteiger partial charge in [-0.15, -0.1) is 12.6 Å². The maximum atomic E-state index is 11.5. The van der Waals surface area contributed by atoms with Gasteiger partial charge in [0.1, 0.15) is 5.58 Å². The van der Waals surface area contributed by atoms with Gasteiger partial charge in [0, 0.05) is 32.9 Å². The van der Waals surface area contributed by atoms with Crippen LogP contribution in [0.2, 0.25) is 0 Å². The molecule has 26 heavy (non-hydrogen) atoms. The number of hydrogen-bond donors (Lipinski definition) is 1. The molecule has 2 heterocycles. The number of nitrogens with zero attached hydrogens (tertiary/aromatic N) is 1. The van der Waals surface area contributed by atoms with Crippen molar-refractivity contribution in [3.8, 4) is 0 Å². The molecule has 0 saturated heterocycles. The van der Waals surface area contributed by atoms with Crippen LogP contribution in [0.4, 0.5) is 0 Å². The second kappa shape index (κ2) is 5.58. The molecule has 0 saturated carbocycles. The Morgan fingerprint density at radius 3 is 2.46 bits per heavy atom. The molecule has 0 spiro atoms. The number of fused-ring (bicyclic) bond motifs is 2. The quantitative estimate of drug-likeness (QED) is 0.489. The van der Waals surface area contributed by atoms with Gasteiger partial charge in [0.2, 0.25) is 0 Å². The van der Waals surface area contributed by atoms with E-state index in [1.165, 1.54) is 11.6 Å². The summed E-state index contributed by atoms with van der Waals surface area (Å²) in [5.41, 5.74) is 4.11. The molecule has 0 N–H and O–H groups in total. The van der Waals surface area contributed by atoms with Crippen LogP contribution in [-0.2, 0) is 5.41 Å². The highest BCUT2D eigenvalue weighted by Crippen LogP contribution is 2.44. The largest absolute Gasteiger partial charge is 0.423 e. The number of benzene rings is 2. The van der Waals surface area contributed by atoms with Gasteiger partial charge in [0.05, 0.1) is 11.3 Å². The van der Waals surface area contributed by atoms with Crippen LogP contribution in [-0.4, -0.2) is 11.3 Å². The van der Waals surface area contributed by atoms with E-state index in [4.69, 9.17) is 9.41 Å². The molecular formula is C22H21NO2S. The van der Waals surface area contributed by atoms with Gasteiger partial charge < -0.3 is 4.42 Å². The molecule has 1 aliphatic heterocycles. The molecule has 3 nitrogen and oxygen atoms in total. The van der Waals surface area contributed by atoms with Crippen LogP contribution in [0.1, 0.15) is 44.4 Å². The van der Waals surface area contributed by atoms with E-state index in [-0.39, 0.29) is 16.6 Å². The van der Waals surface area contributed by atoms with Gasteiger partial charge in [-0.2, -0.15) is 0 Å². The van der Waals surface area contributed by atoms with Gasteiger partial charge in [-0.3, -0.25) is 4.99 Å². The van der Waals surface area contributed by atoms with Crippen LogP contribution < -0.4 is 5.63 Å². The van der Waals surface area contributed by atoms with Crippen molar-refractivity contribution in [3.63, 3.8) is 0 Å². The molecule has 2 aromatic carbocycles. The highest BCUT2D eigenvalue weighted by atomic mass is 32.1. The van der Waals surface area contributed by atoms with Crippen molar-refractivity contribution in [2.75, 3.05) is 0 Å². The first-order valence-electron chi connectivity index (χ1n) is 8.68. The van der Waals surface area contributed by atoms with Gasteiger partial charge in [-0.1, -0.05) is 38.1 Å². The molecule has 0 aliphatic carbocycles. The molecule has 0 bridgehead atoms. The molecular weight excluding hydrogens is 342 g/mol. The van der Waals surface area contributed by atoms with Crippen molar-refractivity contribution in [1.29, 1.82) is 0 Å². The third-order valence-electron chi connectivity index (χ3n) is 5.77. The molecule has 0 unspecified atom stereocenters. The van der Waals surface area contributed by atoms with E-state index in [9.17, 15) is 4.79 Å². The number of hydrogen-bond acceptors (Lipinski definition) is 4. The molecule has 3 aromatic rings. The van der Waals surface area contributed by atoms with Crippen LogP contribution in [0.25, 0.3) is 11.0 Å². The lowest BCUT2D eigenvalue weighted by Gasteiger charge is -2.44. The highest BCUT2D eigenvalue weighted by molar-refractivity contribution is 7.80. The van der Waals surface area contributed by atoms with E-state index in [0.717, 1.165) is 27.1 Å². The molecule has 0 radical (unpaired) electrons. The number of rotatable bonds is 1. The molecule has 4 rings (SSSR count). The van der Waals surface area contributed by atoms with E-state index in [2.05, 4.69) is 58.5 Å². The summed E-state index contributed by atoms with van der Waals surface area (Å²) >= 11 is 4.67. The zero-order chi connectivity index (χ0) is 18.7. The molecule has 0 amide bonds. The van der Waals surface area contributed by atoms with E-state index in [1.54, 1.807) is 12.1 Å².